The zero-order valence-electron chi connectivity index (χ0n) is 14.8. The van der Waals surface area contributed by atoms with Gasteiger partial charge in [-0.15, -0.1) is 11.3 Å². The van der Waals surface area contributed by atoms with Gasteiger partial charge in [0.2, 0.25) is 0 Å². The number of benzene rings is 1. The van der Waals surface area contributed by atoms with Crippen molar-refractivity contribution in [3.8, 4) is 11.5 Å². The topological polar surface area (TPSA) is 72.2 Å². The lowest BCUT2D eigenvalue weighted by atomic mass is 10.2. The molecule has 3 aromatic rings. The number of hydrogen-bond acceptors (Lipinski definition) is 5. The molecule has 0 bridgehead atoms. The Balaban J connectivity index is 1.62. The van der Waals surface area contributed by atoms with Crippen LogP contribution in [0.25, 0.3) is 4.96 Å². The Labute approximate surface area is 158 Å². The number of ether oxygens (including phenoxy) is 2. The van der Waals surface area contributed by atoms with Gasteiger partial charge in [0.1, 0.15) is 11.5 Å². The molecular formula is C17H19F2N5O2S. The van der Waals surface area contributed by atoms with Gasteiger partial charge in [0, 0.05) is 36.9 Å². The molecule has 0 aliphatic rings. The summed E-state index contributed by atoms with van der Waals surface area (Å²) >= 11 is 1.56. The van der Waals surface area contributed by atoms with Crippen LogP contribution in [-0.2, 0) is 13.1 Å². The number of guanidine groups is 1. The fraction of sp³-hybridized carbons (Fsp3) is 0.294. The smallest absolute Gasteiger partial charge is 0.387 e. The Morgan fingerprint density at radius 2 is 2.15 bits per heavy atom. The summed E-state index contributed by atoms with van der Waals surface area (Å²) in [5.74, 6) is 1.15. The molecule has 0 spiro atoms. The second-order valence-electron chi connectivity index (χ2n) is 5.46. The lowest BCUT2D eigenvalue weighted by molar-refractivity contribution is -0.0504. The minimum absolute atomic E-state index is 0.0862. The lowest BCUT2D eigenvalue weighted by Gasteiger charge is -2.15. The Kier molecular flexibility index (Phi) is 6.07. The number of thiazole rings is 1. The van der Waals surface area contributed by atoms with Crippen LogP contribution in [0.15, 0.2) is 41.0 Å². The molecule has 2 aromatic heterocycles. The summed E-state index contributed by atoms with van der Waals surface area (Å²) in [5.41, 5.74) is 1.40. The third-order valence-electron chi connectivity index (χ3n) is 3.73. The van der Waals surface area contributed by atoms with Crippen molar-refractivity contribution in [1.29, 1.82) is 0 Å². The van der Waals surface area contributed by atoms with Crippen molar-refractivity contribution < 1.29 is 18.3 Å². The Bertz CT molecular complexity index is 897. The average Bonchev–Trinajstić information content (AvgIpc) is 3.24. The predicted octanol–water partition coefficient (Wildman–Crippen LogP) is 2.87. The minimum atomic E-state index is -2.90. The second-order valence-corrected chi connectivity index (χ2v) is 6.33. The molecule has 0 aliphatic heterocycles. The van der Waals surface area contributed by atoms with Crippen LogP contribution < -0.4 is 20.1 Å². The van der Waals surface area contributed by atoms with Gasteiger partial charge < -0.3 is 20.1 Å². The molecule has 0 saturated carbocycles. The van der Waals surface area contributed by atoms with Crippen molar-refractivity contribution >= 4 is 22.3 Å². The van der Waals surface area contributed by atoms with Crippen LogP contribution in [0, 0.1) is 0 Å². The lowest BCUT2D eigenvalue weighted by Crippen LogP contribution is -2.36. The molecule has 1 aromatic carbocycles. The number of imidazole rings is 1. The highest BCUT2D eigenvalue weighted by Crippen LogP contribution is 2.25. The first-order valence-corrected chi connectivity index (χ1v) is 8.94. The number of rotatable bonds is 7. The number of hydrogen-bond donors (Lipinski definition) is 2. The van der Waals surface area contributed by atoms with Crippen molar-refractivity contribution in [3.05, 3.63) is 47.2 Å². The minimum Gasteiger partial charge on any atom is -0.497 e. The van der Waals surface area contributed by atoms with E-state index in [1.807, 2.05) is 22.2 Å². The largest absolute Gasteiger partial charge is 0.497 e. The third kappa shape index (κ3) is 4.85. The standard InChI is InChI=1S/C17H19F2N5O2S/c1-20-16(22-9-12-10-24-5-6-27-17(24)23-12)21-8-11-7-13(25-2)3-4-14(11)26-15(18)19/h3-7,10,15H,8-9H2,1-2H3,(H2,20,21,22). The predicted molar refractivity (Wildman–Crippen MR) is 99.7 cm³/mol. The molecule has 10 heteroatoms. The van der Waals surface area contributed by atoms with Crippen LogP contribution >= 0.6 is 11.3 Å². The van der Waals surface area contributed by atoms with Gasteiger partial charge in [-0.25, -0.2) is 4.98 Å². The van der Waals surface area contributed by atoms with Crippen molar-refractivity contribution in [1.82, 2.24) is 20.0 Å². The molecule has 0 unspecified atom stereocenters. The maximum atomic E-state index is 12.6. The number of nitrogens with one attached hydrogen (secondary N) is 2. The number of alkyl halides is 2. The zero-order chi connectivity index (χ0) is 19.2. The van der Waals surface area contributed by atoms with E-state index in [4.69, 9.17) is 4.74 Å². The van der Waals surface area contributed by atoms with Gasteiger partial charge in [-0.05, 0) is 18.2 Å². The molecule has 144 valence electrons. The molecule has 2 N–H and O–H groups in total. The van der Waals surface area contributed by atoms with E-state index in [1.165, 1.54) is 13.2 Å². The quantitative estimate of drug-likeness (QED) is 0.476. The van der Waals surface area contributed by atoms with Gasteiger partial charge in [0.15, 0.2) is 10.9 Å². The first-order chi connectivity index (χ1) is 13.1. The summed E-state index contributed by atoms with van der Waals surface area (Å²) in [4.78, 5) is 9.53. The van der Waals surface area contributed by atoms with Gasteiger partial charge in [-0.2, -0.15) is 8.78 Å². The molecule has 2 heterocycles. The zero-order valence-corrected chi connectivity index (χ0v) is 15.6. The molecule has 0 atom stereocenters. The van der Waals surface area contributed by atoms with Crippen LogP contribution in [0.4, 0.5) is 8.78 Å². The first kappa shape index (κ1) is 18.9. The van der Waals surface area contributed by atoms with Gasteiger partial charge in [0.25, 0.3) is 0 Å². The summed E-state index contributed by atoms with van der Waals surface area (Å²) < 4.78 is 36.9. The van der Waals surface area contributed by atoms with Crippen LogP contribution in [-0.4, -0.2) is 36.1 Å². The van der Waals surface area contributed by atoms with E-state index < -0.39 is 6.61 Å². The molecule has 0 radical (unpaired) electrons. The number of fused-ring (bicyclic) bond motifs is 1. The van der Waals surface area contributed by atoms with E-state index >= 15 is 0 Å². The number of nitrogens with zero attached hydrogens (tertiary/aromatic N) is 3. The normalized spacial score (nSPS) is 11.8. The van der Waals surface area contributed by atoms with Crippen molar-refractivity contribution in [3.63, 3.8) is 0 Å². The summed E-state index contributed by atoms with van der Waals surface area (Å²) in [6.45, 7) is -2.19. The second kappa shape index (κ2) is 8.67. The average molecular weight is 395 g/mol. The van der Waals surface area contributed by atoms with Gasteiger partial charge >= 0.3 is 6.61 Å². The van der Waals surface area contributed by atoms with Crippen LogP contribution in [0.3, 0.4) is 0 Å². The first-order valence-electron chi connectivity index (χ1n) is 8.06. The van der Waals surface area contributed by atoms with E-state index in [-0.39, 0.29) is 12.3 Å². The van der Waals surface area contributed by atoms with Crippen molar-refractivity contribution in [2.45, 2.75) is 19.7 Å². The number of aromatic nitrogens is 2. The molecule has 0 saturated heterocycles. The number of methoxy groups -OCH3 is 1. The fourth-order valence-electron chi connectivity index (χ4n) is 2.47. The van der Waals surface area contributed by atoms with E-state index in [0.29, 0.717) is 23.8 Å². The van der Waals surface area contributed by atoms with Crippen molar-refractivity contribution in [2.75, 3.05) is 14.2 Å². The van der Waals surface area contributed by atoms with Gasteiger partial charge in [-0.1, -0.05) is 0 Å². The van der Waals surface area contributed by atoms with Crippen LogP contribution in [0.2, 0.25) is 0 Å². The third-order valence-corrected chi connectivity index (χ3v) is 4.50. The fourth-order valence-corrected chi connectivity index (χ4v) is 3.19. The summed E-state index contributed by atoms with van der Waals surface area (Å²) in [7, 11) is 3.14. The highest BCUT2D eigenvalue weighted by atomic mass is 32.1. The van der Waals surface area contributed by atoms with E-state index in [0.717, 1.165) is 10.7 Å². The van der Waals surface area contributed by atoms with E-state index in [2.05, 4.69) is 25.3 Å². The van der Waals surface area contributed by atoms with E-state index in [1.54, 1.807) is 30.5 Å². The maximum Gasteiger partial charge on any atom is 0.387 e. The highest BCUT2D eigenvalue weighted by Gasteiger charge is 2.12. The summed E-state index contributed by atoms with van der Waals surface area (Å²) in [6.07, 6.45) is 3.87. The Hall–Kier alpha value is -2.88. The maximum absolute atomic E-state index is 12.6. The molecule has 3 rings (SSSR count). The van der Waals surface area contributed by atoms with Gasteiger partial charge in [-0.3, -0.25) is 9.39 Å². The number of halogens is 2. The SMILES string of the molecule is CN=C(NCc1cn2ccsc2n1)NCc1cc(OC)ccc1OC(F)F. The molecule has 7 nitrogen and oxygen atoms in total. The molecule has 0 fully saturated rings. The number of aliphatic imine (C=N–C) groups is 1. The highest BCUT2D eigenvalue weighted by molar-refractivity contribution is 7.15. The molecule has 0 aliphatic carbocycles. The van der Waals surface area contributed by atoms with Crippen molar-refractivity contribution in [2.24, 2.45) is 4.99 Å². The molecule has 0 amide bonds. The summed E-state index contributed by atoms with van der Waals surface area (Å²) in [5, 5.41) is 8.18. The molecule has 27 heavy (non-hydrogen) atoms. The Morgan fingerprint density at radius 1 is 1.33 bits per heavy atom. The van der Waals surface area contributed by atoms with Crippen LogP contribution in [0.5, 0.6) is 11.5 Å². The van der Waals surface area contributed by atoms with Crippen LogP contribution in [0.1, 0.15) is 11.3 Å². The van der Waals surface area contributed by atoms with Gasteiger partial charge in [0.05, 0.1) is 19.3 Å². The summed E-state index contributed by atoms with van der Waals surface area (Å²) in [6, 6.07) is 4.66. The van der Waals surface area contributed by atoms with E-state index in [9.17, 15) is 8.78 Å². The Morgan fingerprint density at radius 3 is 2.85 bits per heavy atom. The molecular weight excluding hydrogens is 376 g/mol. The monoisotopic (exact) mass is 395 g/mol.